The monoisotopic (exact) mass is 362 g/mol. The molecule has 0 fully saturated rings. The Balaban J connectivity index is 3.28. The summed E-state index contributed by atoms with van der Waals surface area (Å²) < 4.78 is 23.5. The predicted octanol–water partition coefficient (Wildman–Crippen LogP) is 2.32. The molecular weight excluding hydrogens is 344 g/mol. The van der Waals surface area contributed by atoms with Crippen LogP contribution in [0, 0.1) is 6.92 Å². The Labute approximate surface area is 128 Å². The number of nitrogens with one attached hydrogen (secondary N) is 1. The molecule has 0 spiro atoms. The van der Waals surface area contributed by atoms with Gasteiger partial charge in [-0.1, -0.05) is 6.92 Å². The molecule has 1 aromatic rings. The number of benzene rings is 1. The third-order valence-electron chi connectivity index (χ3n) is 3.13. The fraction of sp³-hybridized carbons (Fsp3) is 0.462. The van der Waals surface area contributed by atoms with E-state index in [1.807, 2.05) is 20.8 Å². The van der Waals surface area contributed by atoms with Crippen molar-refractivity contribution in [2.45, 2.75) is 44.6 Å². The molecule has 0 unspecified atom stereocenters. The molecule has 0 aliphatic carbocycles. The lowest BCUT2D eigenvalue weighted by Gasteiger charge is -2.24. The number of nitrogens with two attached hydrogens (primary N) is 1. The fourth-order valence-electron chi connectivity index (χ4n) is 1.54. The van der Waals surface area contributed by atoms with E-state index in [9.17, 15) is 13.2 Å². The SMILES string of the molecule is CCC(C)(C)NC(=O)c1cc(C)c(Br)c(S(N)(=O)=O)c1. The number of amides is 1. The highest BCUT2D eigenvalue weighted by Gasteiger charge is 2.22. The second-order valence-corrected chi connectivity index (χ2v) is 7.66. The summed E-state index contributed by atoms with van der Waals surface area (Å²) in [6, 6.07) is 2.91. The van der Waals surface area contributed by atoms with Gasteiger partial charge in [0.05, 0.1) is 4.90 Å². The summed E-state index contributed by atoms with van der Waals surface area (Å²) in [5.41, 5.74) is 0.548. The van der Waals surface area contributed by atoms with E-state index in [-0.39, 0.29) is 21.9 Å². The summed E-state index contributed by atoms with van der Waals surface area (Å²) in [5, 5.41) is 8.02. The number of rotatable bonds is 4. The maximum absolute atomic E-state index is 12.2. The van der Waals surface area contributed by atoms with Crippen LogP contribution in [-0.2, 0) is 10.0 Å². The van der Waals surface area contributed by atoms with E-state index >= 15 is 0 Å². The molecule has 20 heavy (non-hydrogen) atoms. The van der Waals surface area contributed by atoms with Crippen LogP contribution in [-0.4, -0.2) is 19.9 Å². The summed E-state index contributed by atoms with van der Waals surface area (Å²) in [4.78, 5) is 12.1. The molecule has 0 atom stereocenters. The maximum atomic E-state index is 12.2. The first-order valence-corrected chi connectivity index (χ1v) is 8.47. The highest BCUT2D eigenvalue weighted by Crippen LogP contribution is 2.26. The molecule has 0 aliphatic rings. The zero-order chi connectivity index (χ0) is 15.7. The standard InChI is InChI=1S/C13H19BrN2O3S/c1-5-13(3,4)16-12(17)9-6-8(2)11(14)10(7-9)20(15,18)19/h6-7H,5H2,1-4H3,(H,16,17)(H2,15,18,19). The Morgan fingerprint density at radius 1 is 1.40 bits per heavy atom. The number of halogens is 1. The molecule has 0 bridgehead atoms. The van der Waals surface area contributed by atoms with Gasteiger partial charge in [-0.2, -0.15) is 0 Å². The van der Waals surface area contributed by atoms with Crippen molar-refractivity contribution in [2.24, 2.45) is 5.14 Å². The van der Waals surface area contributed by atoms with Gasteiger partial charge >= 0.3 is 0 Å². The Kier molecular flexibility index (Phi) is 4.99. The van der Waals surface area contributed by atoms with E-state index < -0.39 is 10.0 Å². The van der Waals surface area contributed by atoms with Crippen molar-refractivity contribution < 1.29 is 13.2 Å². The van der Waals surface area contributed by atoms with Crippen LogP contribution in [0.25, 0.3) is 0 Å². The molecule has 0 saturated carbocycles. The van der Waals surface area contributed by atoms with Gasteiger partial charge in [0.2, 0.25) is 10.0 Å². The molecule has 0 saturated heterocycles. The number of hydrogen-bond donors (Lipinski definition) is 2. The van der Waals surface area contributed by atoms with Crippen molar-refractivity contribution in [1.82, 2.24) is 5.32 Å². The summed E-state index contributed by atoms with van der Waals surface area (Å²) in [7, 11) is -3.89. The van der Waals surface area contributed by atoms with Gasteiger partial charge in [-0.05, 0) is 60.8 Å². The second-order valence-electron chi connectivity index (χ2n) is 5.34. The summed E-state index contributed by atoms with van der Waals surface area (Å²) in [5.74, 6) is -0.322. The molecule has 3 N–H and O–H groups in total. The number of sulfonamides is 1. The van der Waals surface area contributed by atoms with Crippen molar-refractivity contribution in [3.05, 3.63) is 27.7 Å². The molecule has 0 heterocycles. The topological polar surface area (TPSA) is 89.3 Å². The van der Waals surface area contributed by atoms with Crippen molar-refractivity contribution in [1.29, 1.82) is 0 Å². The van der Waals surface area contributed by atoms with E-state index in [2.05, 4.69) is 21.2 Å². The normalized spacial score (nSPS) is 12.3. The number of aryl methyl sites for hydroxylation is 1. The Hall–Kier alpha value is -0.920. The van der Waals surface area contributed by atoms with Gasteiger partial charge in [-0.3, -0.25) is 4.79 Å². The van der Waals surface area contributed by atoms with Crippen molar-refractivity contribution in [3.8, 4) is 0 Å². The third-order valence-corrected chi connectivity index (χ3v) is 5.38. The van der Waals surface area contributed by atoms with E-state index in [0.717, 1.165) is 6.42 Å². The first-order valence-electron chi connectivity index (χ1n) is 6.13. The van der Waals surface area contributed by atoms with Gasteiger partial charge < -0.3 is 5.32 Å². The van der Waals surface area contributed by atoms with Crippen LogP contribution in [0.2, 0.25) is 0 Å². The van der Waals surface area contributed by atoms with Crippen molar-refractivity contribution >= 4 is 31.9 Å². The highest BCUT2D eigenvalue weighted by molar-refractivity contribution is 9.10. The minimum absolute atomic E-state index is 0.0862. The zero-order valence-electron chi connectivity index (χ0n) is 12.0. The summed E-state index contributed by atoms with van der Waals surface area (Å²) in [6.07, 6.45) is 0.760. The van der Waals surface area contributed by atoms with Crippen molar-refractivity contribution in [2.75, 3.05) is 0 Å². The van der Waals surface area contributed by atoms with Crippen LogP contribution in [0.1, 0.15) is 43.1 Å². The van der Waals surface area contributed by atoms with Crippen LogP contribution < -0.4 is 10.5 Å². The van der Waals surface area contributed by atoms with E-state index in [0.29, 0.717) is 10.0 Å². The summed E-state index contributed by atoms with van der Waals surface area (Å²) in [6.45, 7) is 7.47. The van der Waals surface area contributed by atoms with Crippen LogP contribution in [0.5, 0.6) is 0 Å². The fourth-order valence-corrected chi connectivity index (χ4v) is 3.15. The Morgan fingerprint density at radius 3 is 2.40 bits per heavy atom. The zero-order valence-corrected chi connectivity index (χ0v) is 14.4. The molecule has 0 radical (unpaired) electrons. The molecule has 112 valence electrons. The van der Waals surface area contributed by atoms with Gasteiger partial charge in [0.15, 0.2) is 0 Å². The third kappa shape index (κ3) is 4.04. The number of hydrogen-bond acceptors (Lipinski definition) is 3. The number of primary sulfonamides is 1. The van der Waals surface area contributed by atoms with Gasteiger partial charge in [0.1, 0.15) is 0 Å². The quantitative estimate of drug-likeness (QED) is 0.860. The van der Waals surface area contributed by atoms with E-state index in [1.165, 1.54) is 6.07 Å². The molecule has 5 nitrogen and oxygen atoms in total. The minimum atomic E-state index is -3.89. The molecule has 1 amide bonds. The van der Waals surface area contributed by atoms with E-state index in [4.69, 9.17) is 5.14 Å². The molecule has 1 rings (SSSR count). The Bertz CT molecular complexity index is 639. The van der Waals surface area contributed by atoms with Crippen LogP contribution in [0.4, 0.5) is 0 Å². The number of carbonyl (C=O) groups excluding carboxylic acids is 1. The summed E-state index contributed by atoms with van der Waals surface area (Å²) >= 11 is 3.18. The maximum Gasteiger partial charge on any atom is 0.251 e. The second kappa shape index (κ2) is 5.83. The van der Waals surface area contributed by atoms with Crippen molar-refractivity contribution in [3.63, 3.8) is 0 Å². The highest BCUT2D eigenvalue weighted by atomic mass is 79.9. The Morgan fingerprint density at radius 2 is 1.95 bits per heavy atom. The van der Waals surface area contributed by atoms with Gasteiger partial charge in [0.25, 0.3) is 5.91 Å². The van der Waals surface area contributed by atoms with Crippen LogP contribution >= 0.6 is 15.9 Å². The average molecular weight is 363 g/mol. The largest absolute Gasteiger partial charge is 0.347 e. The lowest BCUT2D eigenvalue weighted by Crippen LogP contribution is -2.42. The molecule has 7 heteroatoms. The van der Waals surface area contributed by atoms with Gasteiger partial charge in [-0.15, -0.1) is 0 Å². The molecular formula is C13H19BrN2O3S. The van der Waals surface area contributed by atoms with E-state index in [1.54, 1.807) is 13.0 Å². The molecule has 0 aromatic heterocycles. The predicted molar refractivity (Wildman–Crippen MR) is 82.1 cm³/mol. The average Bonchev–Trinajstić information content (AvgIpc) is 2.30. The molecule has 0 aliphatic heterocycles. The first kappa shape index (κ1) is 17.1. The first-order chi connectivity index (χ1) is 8.98. The van der Waals surface area contributed by atoms with Gasteiger partial charge in [-0.25, -0.2) is 13.6 Å². The number of carbonyl (C=O) groups is 1. The molecule has 1 aromatic carbocycles. The van der Waals surface area contributed by atoms with Crippen LogP contribution in [0.15, 0.2) is 21.5 Å². The lowest BCUT2D eigenvalue weighted by atomic mass is 10.0. The van der Waals surface area contributed by atoms with Gasteiger partial charge in [0, 0.05) is 15.6 Å². The van der Waals surface area contributed by atoms with Crippen LogP contribution in [0.3, 0.4) is 0 Å². The lowest BCUT2D eigenvalue weighted by molar-refractivity contribution is 0.0911. The smallest absolute Gasteiger partial charge is 0.251 e. The minimum Gasteiger partial charge on any atom is -0.347 e.